The molecule has 0 bridgehead atoms. The van der Waals surface area contributed by atoms with Crippen LogP contribution in [0.25, 0.3) is 0 Å². The Morgan fingerprint density at radius 2 is 1.84 bits per heavy atom. The van der Waals surface area contributed by atoms with Gasteiger partial charge in [0.25, 0.3) is 0 Å². The largest absolute Gasteiger partial charge is 0.354 e. The highest BCUT2D eigenvalue weighted by atomic mass is 32.2. The van der Waals surface area contributed by atoms with Crippen LogP contribution in [0.1, 0.15) is 44.1 Å². The summed E-state index contributed by atoms with van der Waals surface area (Å²) in [5.74, 6) is -0.720. The summed E-state index contributed by atoms with van der Waals surface area (Å²) >= 11 is 0. The number of halogens is 1. The van der Waals surface area contributed by atoms with E-state index in [4.69, 9.17) is 5.73 Å². The Labute approximate surface area is 149 Å². The van der Waals surface area contributed by atoms with Crippen molar-refractivity contribution in [2.75, 3.05) is 18.6 Å². The monoisotopic (exact) mass is 370 g/mol. The lowest BCUT2D eigenvalue weighted by Crippen LogP contribution is -2.48. The highest BCUT2D eigenvalue weighted by molar-refractivity contribution is 7.90. The van der Waals surface area contributed by atoms with E-state index >= 15 is 0 Å². The molecule has 0 saturated heterocycles. The molecule has 0 spiro atoms. The number of sulfone groups is 1. The summed E-state index contributed by atoms with van der Waals surface area (Å²) in [7, 11) is -3.14. The third-order valence-electron chi connectivity index (χ3n) is 5.00. The highest BCUT2D eigenvalue weighted by Gasteiger charge is 2.34. The molecule has 3 N–H and O–H groups in total. The van der Waals surface area contributed by atoms with Crippen molar-refractivity contribution in [2.24, 2.45) is 5.73 Å². The first-order valence-corrected chi connectivity index (χ1v) is 10.7. The Kier molecular flexibility index (Phi) is 6.57. The number of hydrogen-bond donors (Lipinski definition) is 2. The summed E-state index contributed by atoms with van der Waals surface area (Å²) in [6.45, 7) is 0.435. The van der Waals surface area contributed by atoms with E-state index in [2.05, 4.69) is 5.32 Å². The molecule has 1 atom stereocenters. The van der Waals surface area contributed by atoms with Crippen LogP contribution in [-0.4, -0.2) is 38.9 Å². The van der Waals surface area contributed by atoms with Crippen molar-refractivity contribution in [1.29, 1.82) is 0 Å². The van der Waals surface area contributed by atoms with E-state index in [1.54, 1.807) is 12.1 Å². The minimum atomic E-state index is -3.14. The molecular weight excluding hydrogens is 343 g/mol. The normalized spacial score (nSPS) is 18.5. The molecule has 2 rings (SSSR count). The van der Waals surface area contributed by atoms with Crippen LogP contribution in [0.15, 0.2) is 24.3 Å². The standard InChI is InChI=1S/C18H27FN2O3S/c1-25(23,24)12-9-16(20)17(22)21-13-18(10-3-2-4-11-18)14-5-7-15(19)8-6-14/h5-8,16H,2-4,9-13,20H2,1H3,(H,21,22). The topological polar surface area (TPSA) is 89.3 Å². The van der Waals surface area contributed by atoms with Gasteiger partial charge in [0, 0.05) is 18.2 Å². The smallest absolute Gasteiger partial charge is 0.236 e. The van der Waals surface area contributed by atoms with Gasteiger partial charge in [0.05, 0.1) is 11.8 Å². The Morgan fingerprint density at radius 3 is 2.40 bits per heavy atom. The molecule has 5 nitrogen and oxygen atoms in total. The molecule has 7 heteroatoms. The van der Waals surface area contributed by atoms with Gasteiger partial charge in [-0.15, -0.1) is 0 Å². The van der Waals surface area contributed by atoms with E-state index in [-0.39, 0.29) is 29.3 Å². The molecule has 0 aromatic heterocycles. The van der Waals surface area contributed by atoms with Crippen LogP contribution in [0.3, 0.4) is 0 Å². The fraction of sp³-hybridized carbons (Fsp3) is 0.611. The van der Waals surface area contributed by atoms with Gasteiger partial charge in [0.2, 0.25) is 5.91 Å². The quantitative estimate of drug-likeness (QED) is 0.767. The van der Waals surface area contributed by atoms with Crippen LogP contribution in [0, 0.1) is 5.82 Å². The SMILES string of the molecule is CS(=O)(=O)CCC(N)C(=O)NCC1(c2ccc(F)cc2)CCCCC1. The molecule has 1 saturated carbocycles. The maximum Gasteiger partial charge on any atom is 0.236 e. The molecular formula is C18H27FN2O3S. The molecule has 1 aliphatic carbocycles. The number of carbonyl (C=O) groups excluding carboxylic acids is 1. The molecule has 1 aromatic rings. The lowest BCUT2D eigenvalue weighted by atomic mass is 9.69. The summed E-state index contributed by atoms with van der Waals surface area (Å²) in [5.41, 5.74) is 6.63. The third-order valence-corrected chi connectivity index (χ3v) is 5.98. The van der Waals surface area contributed by atoms with Gasteiger partial charge in [-0.3, -0.25) is 4.79 Å². The average Bonchev–Trinajstić information content (AvgIpc) is 2.58. The van der Waals surface area contributed by atoms with Gasteiger partial charge in [-0.25, -0.2) is 12.8 Å². The summed E-state index contributed by atoms with van der Waals surface area (Å²) in [5, 5.41) is 2.89. The zero-order valence-corrected chi connectivity index (χ0v) is 15.4. The maximum atomic E-state index is 13.2. The number of nitrogens with one attached hydrogen (secondary N) is 1. The predicted molar refractivity (Wildman–Crippen MR) is 96.5 cm³/mol. The first kappa shape index (κ1) is 19.8. The van der Waals surface area contributed by atoms with Gasteiger partial charge in [-0.2, -0.15) is 0 Å². The van der Waals surface area contributed by atoms with E-state index < -0.39 is 15.9 Å². The zero-order chi connectivity index (χ0) is 18.5. The van der Waals surface area contributed by atoms with Crippen molar-refractivity contribution in [3.63, 3.8) is 0 Å². The molecule has 140 valence electrons. The first-order valence-electron chi connectivity index (χ1n) is 8.69. The van der Waals surface area contributed by atoms with Crippen molar-refractivity contribution in [2.45, 2.75) is 50.0 Å². The second-order valence-corrected chi connectivity index (χ2v) is 9.35. The molecule has 1 fully saturated rings. The van der Waals surface area contributed by atoms with Gasteiger partial charge in [0.15, 0.2) is 0 Å². The number of hydrogen-bond acceptors (Lipinski definition) is 4. The van der Waals surface area contributed by atoms with Gasteiger partial charge in [-0.05, 0) is 37.0 Å². The Balaban J connectivity index is 2.02. The van der Waals surface area contributed by atoms with Crippen molar-refractivity contribution in [3.05, 3.63) is 35.6 Å². The summed E-state index contributed by atoms with van der Waals surface area (Å²) in [6.07, 6.45) is 6.37. The van der Waals surface area contributed by atoms with Crippen molar-refractivity contribution < 1.29 is 17.6 Å². The number of benzene rings is 1. The van der Waals surface area contributed by atoms with E-state index in [1.807, 2.05) is 0 Å². The first-order chi connectivity index (χ1) is 11.7. The second kappa shape index (κ2) is 8.27. The molecule has 0 aliphatic heterocycles. The third kappa shape index (κ3) is 5.78. The number of rotatable bonds is 7. The summed E-state index contributed by atoms with van der Waals surface area (Å²) in [4.78, 5) is 12.2. The van der Waals surface area contributed by atoms with E-state index in [9.17, 15) is 17.6 Å². The number of amides is 1. The minimum absolute atomic E-state index is 0.105. The van der Waals surface area contributed by atoms with Crippen LogP contribution >= 0.6 is 0 Å². The molecule has 1 amide bonds. The molecule has 0 radical (unpaired) electrons. The summed E-state index contributed by atoms with van der Waals surface area (Å²) in [6, 6.07) is 5.63. The zero-order valence-electron chi connectivity index (χ0n) is 14.6. The Hall–Kier alpha value is -1.47. The van der Waals surface area contributed by atoms with E-state index in [1.165, 1.54) is 12.1 Å². The van der Waals surface area contributed by atoms with Crippen molar-refractivity contribution in [1.82, 2.24) is 5.32 Å². The van der Waals surface area contributed by atoms with Crippen LogP contribution < -0.4 is 11.1 Å². The number of nitrogens with two attached hydrogens (primary N) is 1. The van der Waals surface area contributed by atoms with E-state index in [0.717, 1.165) is 43.9 Å². The fourth-order valence-electron chi connectivity index (χ4n) is 3.46. The lowest BCUT2D eigenvalue weighted by molar-refractivity contribution is -0.122. The minimum Gasteiger partial charge on any atom is -0.354 e. The molecule has 1 aromatic carbocycles. The van der Waals surface area contributed by atoms with Crippen molar-refractivity contribution in [3.8, 4) is 0 Å². The van der Waals surface area contributed by atoms with Gasteiger partial charge in [-0.1, -0.05) is 31.4 Å². The lowest BCUT2D eigenvalue weighted by Gasteiger charge is -2.38. The van der Waals surface area contributed by atoms with Gasteiger partial charge >= 0.3 is 0 Å². The number of carbonyl (C=O) groups is 1. The molecule has 25 heavy (non-hydrogen) atoms. The molecule has 1 aliphatic rings. The van der Waals surface area contributed by atoms with Crippen LogP contribution in [0.2, 0.25) is 0 Å². The maximum absolute atomic E-state index is 13.2. The van der Waals surface area contributed by atoms with E-state index in [0.29, 0.717) is 6.54 Å². The van der Waals surface area contributed by atoms with Gasteiger partial charge < -0.3 is 11.1 Å². The van der Waals surface area contributed by atoms with Crippen LogP contribution in [-0.2, 0) is 20.0 Å². The fourth-order valence-corrected chi connectivity index (χ4v) is 4.14. The Bertz CT molecular complexity index is 683. The molecule has 1 unspecified atom stereocenters. The second-order valence-electron chi connectivity index (χ2n) is 7.09. The predicted octanol–water partition coefficient (Wildman–Crippen LogP) is 1.91. The molecule has 0 heterocycles. The van der Waals surface area contributed by atoms with Crippen molar-refractivity contribution >= 4 is 15.7 Å². The Morgan fingerprint density at radius 1 is 1.24 bits per heavy atom. The summed E-state index contributed by atoms with van der Waals surface area (Å²) < 4.78 is 35.7. The van der Waals surface area contributed by atoms with Crippen LogP contribution in [0.5, 0.6) is 0 Å². The average molecular weight is 370 g/mol. The van der Waals surface area contributed by atoms with Crippen LogP contribution in [0.4, 0.5) is 4.39 Å². The van der Waals surface area contributed by atoms with Gasteiger partial charge in [0.1, 0.15) is 15.7 Å². The highest BCUT2D eigenvalue weighted by Crippen LogP contribution is 2.39.